The molecule has 0 aliphatic rings. The van der Waals surface area contributed by atoms with Crippen molar-refractivity contribution in [2.24, 2.45) is 0 Å². The maximum Gasteiger partial charge on any atom is 0.149 e. The van der Waals surface area contributed by atoms with Crippen molar-refractivity contribution < 1.29 is 4.79 Å². The number of hydrogen-bond donors (Lipinski definition) is 1. The molecule has 0 aliphatic heterocycles. The fraction of sp³-hybridized carbons (Fsp3) is 0.900. The van der Waals surface area contributed by atoms with Gasteiger partial charge >= 0.3 is 0 Å². The Bertz CT molecular complexity index is 123. The Hall–Kier alpha value is -0.370. The summed E-state index contributed by atoms with van der Waals surface area (Å²) < 4.78 is 0. The van der Waals surface area contributed by atoms with Gasteiger partial charge in [-0.05, 0) is 13.5 Å². The van der Waals surface area contributed by atoms with Gasteiger partial charge in [0.2, 0.25) is 0 Å². The summed E-state index contributed by atoms with van der Waals surface area (Å²) in [5.41, 5.74) is 0. The Morgan fingerprint density at radius 1 is 1.33 bits per heavy atom. The summed E-state index contributed by atoms with van der Waals surface area (Å²) in [5.74, 6) is 0.341. The monoisotopic (exact) mass is 171 g/mol. The molecule has 0 fully saturated rings. The molecule has 1 atom stereocenters. The maximum absolute atomic E-state index is 11.3. The van der Waals surface area contributed by atoms with E-state index in [1.807, 2.05) is 14.0 Å². The van der Waals surface area contributed by atoms with Gasteiger partial charge in [-0.2, -0.15) is 0 Å². The topological polar surface area (TPSA) is 29.1 Å². The van der Waals surface area contributed by atoms with Crippen LogP contribution in [0.4, 0.5) is 0 Å². The Kier molecular flexibility index (Phi) is 7.06. The molecular formula is C10H21NO. The van der Waals surface area contributed by atoms with Crippen molar-refractivity contribution >= 4 is 5.78 Å². The second kappa shape index (κ2) is 7.29. The average molecular weight is 171 g/mol. The normalized spacial score (nSPS) is 12.9. The van der Waals surface area contributed by atoms with Crippen molar-refractivity contribution in [2.75, 3.05) is 7.05 Å². The van der Waals surface area contributed by atoms with E-state index in [0.29, 0.717) is 12.2 Å². The van der Waals surface area contributed by atoms with Crippen LogP contribution in [0.2, 0.25) is 0 Å². The number of carbonyl (C=O) groups is 1. The molecule has 0 aromatic carbocycles. The first kappa shape index (κ1) is 11.6. The number of unbranched alkanes of at least 4 members (excludes halogenated alkanes) is 2. The number of ketones is 1. The van der Waals surface area contributed by atoms with Crippen LogP contribution in [-0.4, -0.2) is 18.9 Å². The smallest absolute Gasteiger partial charge is 0.149 e. The Labute approximate surface area is 75.7 Å². The van der Waals surface area contributed by atoms with Crippen LogP contribution in [-0.2, 0) is 4.79 Å². The molecule has 0 saturated heterocycles. The third-order valence-electron chi connectivity index (χ3n) is 2.18. The van der Waals surface area contributed by atoms with E-state index in [2.05, 4.69) is 12.2 Å². The van der Waals surface area contributed by atoms with Gasteiger partial charge in [0.1, 0.15) is 5.78 Å². The standard InChI is InChI=1S/C10H21NO/c1-4-6-7-8-9(11-3)10(12)5-2/h9,11H,4-8H2,1-3H3. The molecule has 0 aromatic heterocycles. The average Bonchev–Trinajstić information content (AvgIpc) is 2.11. The van der Waals surface area contributed by atoms with Gasteiger partial charge in [-0.3, -0.25) is 4.79 Å². The van der Waals surface area contributed by atoms with Crippen molar-refractivity contribution in [1.29, 1.82) is 0 Å². The highest BCUT2D eigenvalue weighted by molar-refractivity contribution is 5.83. The molecule has 2 nitrogen and oxygen atoms in total. The fourth-order valence-corrected chi connectivity index (χ4v) is 1.31. The minimum Gasteiger partial charge on any atom is -0.311 e. The lowest BCUT2D eigenvalue weighted by Crippen LogP contribution is -2.33. The summed E-state index contributed by atoms with van der Waals surface area (Å²) in [6.45, 7) is 4.10. The van der Waals surface area contributed by atoms with Crippen LogP contribution in [0.3, 0.4) is 0 Å². The molecule has 0 aliphatic carbocycles. The van der Waals surface area contributed by atoms with Gasteiger partial charge in [0.15, 0.2) is 0 Å². The van der Waals surface area contributed by atoms with Gasteiger partial charge in [0, 0.05) is 6.42 Å². The van der Waals surface area contributed by atoms with Crippen molar-refractivity contribution in [3.63, 3.8) is 0 Å². The van der Waals surface area contributed by atoms with Crippen LogP contribution in [0, 0.1) is 0 Å². The van der Waals surface area contributed by atoms with E-state index in [1.54, 1.807) is 0 Å². The molecule has 12 heavy (non-hydrogen) atoms. The second-order valence-corrected chi connectivity index (χ2v) is 3.16. The Morgan fingerprint density at radius 3 is 2.42 bits per heavy atom. The van der Waals surface area contributed by atoms with Crippen LogP contribution in [0.15, 0.2) is 0 Å². The zero-order valence-corrected chi connectivity index (χ0v) is 8.52. The van der Waals surface area contributed by atoms with Gasteiger partial charge in [0.05, 0.1) is 6.04 Å². The maximum atomic E-state index is 11.3. The molecule has 1 N–H and O–H groups in total. The van der Waals surface area contributed by atoms with Crippen molar-refractivity contribution in [1.82, 2.24) is 5.32 Å². The quantitative estimate of drug-likeness (QED) is 0.595. The predicted molar refractivity (Wildman–Crippen MR) is 52.3 cm³/mol. The first-order chi connectivity index (χ1) is 5.76. The van der Waals surface area contributed by atoms with Gasteiger partial charge in [0.25, 0.3) is 0 Å². The van der Waals surface area contributed by atoms with Gasteiger partial charge in [-0.15, -0.1) is 0 Å². The van der Waals surface area contributed by atoms with E-state index < -0.39 is 0 Å². The summed E-state index contributed by atoms with van der Waals surface area (Å²) in [6.07, 6.45) is 5.26. The number of nitrogens with one attached hydrogen (secondary N) is 1. The van der Waals surface area contributed by atoms with E-state index in [4.69, 9.17) is 0 Å². The number of likely N-dealkylation sites (N-methyl/N-ethyl adjacent to an activating group) is 1. The van der Waals surface area contributed by atoms with Gasteiger partial charge < -0.3 is 5.32 Å². The lowest BCUT2D eigenvalue weighted by molar-refractivity contribution is -0.120. The summed E-state index contributed by atoms with van der Waals surface area (Å²) in [6, 6.07) is 0.0987. The molecule has 0 spiro atoms. The minimum absolute atomic E-state index is 0.0987. The summed E-state index contributed by atoms with van der Waals surface area (Å²) in [7, 11) is 1.87. The molecule has 2 heteroatoms. The van der Waals surface area contributed by atoms with Crippen LogP contribution in [0.1, 0.15) is 46.0 Å². The zero-order chi connectivity index (χ0) is 9.40. The lowest BCUT2D eigenvalue weighted by Gasteiger charge is -2.12. The van der Waals surface area contributed by atoms with Gasteiger partial charge in [-0.1, -0.05) is 33.1 Å². The molecule has 0 saturated carbocycles. The summed E-state index contributed by atoms with van der Waals surface area (Å²) >= 11 is 0. The van der Waals surface area contributed by atoms with E-state index in [-0.39, 0.29) is 6.04 Å². The predicted octanol–water partition coefficient (Wildman–Crippen LogP) is 2.13. The summed E-state index contributed by atoms with van der Waals surface area (Å²) in [4.78, 5) is 11.3. The number of carbonyl (C=O) groups excluding carboxylic acids is 1. The fourth-order valence-electron chi connectivity index (χ4n) is 1.31. The molecule has 0 amide bonds. The second-order valence-electron chi connectivity index (χ2n) is 3.16. The highest BCUT2D eigenvalue weighted by Gasteiger charge is 2.12. The van der Waals surface area contributed by atoms with Crippen molar-refractivity contribution in [3.8, 4) is 0 Å². The Balaban J connectivity index is 3.60. The number of Topliss-reactive ketones (excluding diaryl/α,β-unsaturated/α-hetero) is 1. The van der Waals surface area contributed by atoms with Crippen molar-refractivity contribution in [2.45, 2.75) is 52.0 Å². The van der Waals surface area contributed by atoms with Crippen LogP contribution < -0.4 is 5.32 Å². The van der Waals surface area contributed by atoms with E-state index in [1.165, 1.54) is 12.8 Å². The van der Waals surface area contributed by atoms with Crippen molar-refractivity contribution in [3.05, 3.63) is 0 Å². The van der Waals surface area contributed by atoms with Crippen LogP contribution >= 0.6 is 0 Å². The number of rotatable bonds is 7. The molecule has 0 bridgehead atoms. The third-order valence-corrected chi connectivity index (χ3v) is 2.18. The molecule has 0 heterocycles. The summed E-state index contributed by atoms with van der Waals surface area (Å²) in [5, 5.41) is 3.06. The molecular weight excluding hydrogens is 150 g/mol. The van der Waals surface area contributed by atoms with Crippen LogP contribution in [0.5, 0.6) is 0 Å². The highest BCUT2D eigenvalue weighted by atomic mass is 16.1. The van der Waals surface area contributed by atoms with Crippen LogP contribution in [0.25, 0.3) is 0 Å². The van der Waals surface area contributed by atoms with E-state index in [9.17, 15) is 4.79 Å². The number of hydrogen-bond acceptors (Lipinski definition) is 2. The molecule has 0 aromatic rings. The molecule has 0 rings (SSSR count). The highest BCUT2D eigenvalue weighted by Crippen LogP contribution is 2.05. The van der Waals surface area contributed by atoms with E-state index in [0.717, 1.165) is 12.8 Å². The molecule has 1 unspecified atom stereocenters. The Morgan fingerprint density at radius 2 is 2.00 bits per heavy atom. The third kappa shape index (κ3) is 4.50. The minimum atomic E-state index is 0.0987. The first-order valence-corrected chi connectivity index (χ1v) is 4.96. The zero-order valence-electron chi connectivity index (χ0n) is 8.52. The molecule has 0 radical (unpaired) electrons. The SMILES string of the molecule is CCCCCC(NC)C(=O)CC. The van der Waals surface area contributed by atoms with Gasteiger partial charge in [-0.25, -0.2) is 0 Å². The van der Waals surface area contributed by atoms with E-state index >= 15 is 0 Å². The largest absolute Gasteiger partial charge is 0.311 e. The lowest BCUT2D eigenvalue weighted by atomic mass is 10.0. The molecule has 72 valence electrons. The first-order valence-electron chi connectivity index (χ1n) is 4.96.